The molecule has 1 aliphatic rings. The van der Waals surface area contributed by atoms with Gasteiger partial charge in [0.1, 0.15) is 0 Å². The number of pyridine rings is 1. The zero-order chi connectivity index (χ0) is 27.2. The number of hydrogen-bond acceptors (Lipinski definition) is 6. The number of alkyl halides is 3. The average Bonchev–Trinajstić information content (AvgIpc) is 3.32. The highest BCUT2D eigenvalue weighted by Gasteiger charge is 2.38. The molecule has 3 heterocycles. The standard InChI is InChI=1S/C23H23N3O4.C2HF3O2/c1-28-20-10-14(11-21(29-2)22(20)30-3)4-5-16-12-15(6-8-24-16)19-13-17-18(26-19)7-9-25-23(17)27;3-2(4,5)1(6)7/h4-6,8,10-13,26H,7,9H2,1-3H3,(H,25,27);(H,6,7)/b5-4+;. The van der Waals surface area contributed by atoms with Crippen molar-refractivity contribution in [2.24, 2.45) is 0 Å². The molecule has 3 aromatic rings. The summed E-state index contributed by atoms with van der Waals surface area (Å²) >= 11 is 0. The number of carbonyl (C=O) groups is 2. The lowest BCUT2D eigenvalue weighted by atomic mass is 10.1. The molecule has 4 rings (SSSR count). The summed E-state index contributed by atoms with van der Waals surface area (Å²) in [7, 11) is 4.76. The zero-order valence-corrected chi connectivity index (χ0v) is 20.1. The van der Waals surface area contributed by atoms with Crippen molar-refractivity contribution in [3.05, 3.63) is 59.0 Å². The molecule has 0 saturated carbocycles. The van der Waals surface area contributed by atoms with E-state index in [4.69, 9.17) is 24.1 Å². The molecule has 196 valence electrons. The van der Waals surface area contributed by atoms with Crippen LogP contribution in [0.3, 0.4) is 0 Å². The number of carboxylic acid groups (broad SMARTS) is 1. The fraction of sp³-hybridized carbons (Fsp3) is 0.240. The van der Waals surface area contributed by atoms with Gasteiger partial charge in [0, 0.05) is 36.1 Å². The van der Waals surface area contributed by atoms with E-state index in [1.54, 1.807) is 27.5 Å². The van der Waals surface area contributed by atoms with Crippen LogP contribution < -0.4 is 19.5 Å². The molecule has 0 saturated heterocycles. The number of aromatic nitrogens is 2. The third kappa shape index (κ3) is 6.60. The van der Waals surface area contributed by atoms with Crippen molar-refractivity contribution in [1.82, 2.24) is 15.3 Å². The Hall–Kier alpha value is -4.48. The Morgan fingerprint density at radius 3 is 2.24 bits per heavy atom. The van der Waals surface area contributed by atoms with Crippen LogP contribution in [0.2, 0.25) is 0 Å². The number of amides is 1. The Bertz CT molecular complexity index is 1290. The van der Waals surface area contributed by atoms with Crippen LogP contribution >= 0.6 is 0 Å². The van der Waals surface area contributed by atoms with Crippen LogP contribution in [0, 0.1) is 0 Å². The van der Waals surface area contributed by atoms with Crippen molar-refractivity contribution in [2.45, 2.75) is 12.6 Å². The van der Waals surface area contributed by atoms with E-state index in [0.717, 1.165) is 34.6 Å². The molecule has 0 spiro atoms. The number of aromatic amines is 1. The Morgan fingerprint density at radius 1 is 1.05 bits per heavy atom. The number of ether oxygens (including phenoxy) is 3. The van der Waals surface area contributed by atoms with Gasteiger partial charge in [-0.25, -0.2) is 4.79 Å². The predicted octanol–water partition coefficient (Wildman–Crippen LogP) is 4.19. The summed E-state index contributed by atoms with van der Waals surface area (Å²) in [4.78, 5) is 28.7. The molecule has 37 heavy (non-hydrogen) atoms. The van der Waals surface area contributed by atoms with E-state index in [1.165, 1.54) is 0 Å². The summed E-state index contributed by atoms with van der Waals surface area (Å²) in [5.41, 5.74) is 5.24. The van der Waals surface area contributed by atoms with Gasteiger partial charge in [0.15, 0.2) is 11.5 Å². The van der Waals surface area contributed by atoms with E-state index in [1.807, 2.05) is 42.5 Å². The average molecular weight is 519 g/mol. The molecular weight excluding hydrogens is 495 g/mol. The van der Waals surface area contributed by atoms with Gasteiger partial charge in [-0.2, -0.15) is 13.2 Å². The van der Waals surface area contributed by atoms with Crippen molar-refractivity contribution in [1.29, 1.82) is 0 Å². The zero-order valence-electron chi connectivity index (χ0n) is 20.1. The van der Waals surface area contributed by atoms with E-state index < -0.39 is 12.1 Å². The number of aliphatic carboxylic acids is 1. The van der Waals surface area contributed by atoms with Gasteiger partial charge in [0.25, 0.3) is 5.91 Å². The number of methoxy groups -OCH3 is 3. The maximum absolute atomic E-state index is 12.0. The number of nitrogens with one attached hydrogen (secondary N) is 2. The summed E-state index contributed by atoms with van der Waals surface area (Å²) < 4.78 is 47.9. The Kier molecular flexibility index (Phi) is 8.43. The molecule has 9 nitrogen and oxygen atoms in total. The number of halogens is 3. The Morgan fingerprint density at radius 2 is 1.70 bits per heavy atom. The molecule has 0 fully saturated rings. The van der Waals surface area contributed by atoms with Gasteiger partial charge in [0.05, 0.1) is 32.6 Å². The van der Waals surface area contributed by atoms with Crippen LogP contribution in [-0.2, 0) is 11.2 Å². The van der Waals surface area contributed by atoms with Gasteiger partial charge in [-0.1, -0.05) is 6.08 Å². The molecule has 1 amide bonds. The second kappa shape index (κ2) is 11.5. The number of fused-ring (bicyclic) bond motifs is 1. The second-order valence-corrected chi connectivity index (χ2v) is 7.65. The number of benzene rings is 1. The van der Waals surface area contributed by atoms with Crippen LogP contribution in [-0.4, -0.2) is 61.0 Å². The van der Waals surface area contributed by atoms with E-state index in [-0.39, 0.29) is 5.91 Å². The highest BCUT2D eigenvalue weighted by atomic mass is 19.4. The number of carboxylic acids is 1. The molecular formula is C25H24F3N3O6. The molecule has 0 unspecified atom stereocenters. The third-order valence-electron chi connectivity index (χ3n) is 5.27. The van der Waals surface area contributed by atoms with E-state index in [2.05, 4.69) is 15.3 Å². The second-order valence-electron chi connectivity index (χ2n) is 7.65. The third-order valence-corrected chi connectivity index (χ3v) is 5.27. The van der Waals surface area contributed by atoms with Crippen molar-refractivity contribution < 1.29 is 42.1 Å². The first-order chi connectivity index (χ1) is 17.6. The number of hydrogen-bond donors (Lipinski definition) is 3. The molecule has 1 aromatic carbocycles. The van der Waals surface area contributed by atoms with E-state index in [9.17, 15) is 18.0 Å². The minimum Gasteiger partial charge on any atom is -0.493 e. The van der Waals surface area contributed by atoms with E-state index in [0.29, 0.717) is 29.4 Å². The minimum atomic E-state index is -5.08. The van der Waals surface area contributed by atoms with Crippen LogP contribution in [0.1, 0.15) is 27.3 Å². The van der Waals surface area contributed by atoms with Gasteiger partial charge >= 0.3 is 12.1 Å². The normalized spacial score (nSPS) is 12.8. The number of rotatable bonds is 6. The van der Waals surface area contributed by atoms with Gasteiger partial charge < -0.3 is 29.6 Å². The van der Waals surface area contributed by atoms with Crippen LogP contribution in [0.15, 0.2) is 36.5 Å². The summed E-state index contributed by atoms with van der Waals surface area (Å²) in [6.45, 7) is 0.658. The quantitative estimate of drug-likeness (QED) is 0.446. The van der Waals surface area contributed by atoms with Gasteiger partial charge in [-0.3, -0.25) is 9.78 Å². The lowest BCUT2D eigenvalue weighted by Gasteiger charge is -2.12. The van der Waals surface area contributed by atoms with Crippen LogP contribution in [0.5, 0.6) is 17.2 Å². The van der Waals surface area contributed by atoms with Crippen molar-refractivity contribution >= 4 is 24.0 Å². The highest BCUT2D eigenvalue weighted by molar-refractivity contribution is 5.97. The molecule has 0 radical (unpaired) electrons. The topological polar surface area (TPSA) is 123 Å². The maximum Gasteiger partial charge on any atom is 0.490 e. The van der Waals surface area contributed by atoms with Gasteiger partial charge in [-0.15, -0.1) is 0 Å². The first-order valence-corrected chi connectivity index (χ1v) is 10.8. The molecule has 3 N–H and O–H groups in total. The summed E-state index contributed by atoms with van der Waals surface area (Å²) in [5, 5.41) is 9.99. The fourth-order valence-electron chi connectivity index (χ4n) is 3.54. The Labute approximate surface area is 209 Å². The SMILES string of the molecule is COc1cc(/C=C/c2cc(-c3cc4c([nH]3)CCNC4=O)ccn2)cc(OC)c1OC.O=C(O)C(F)(F)F. The summed E-state index contributed by atoms with van der Waals surface area (Å²) in [5.74, 6) is -1.05. The smallest absolute Gasteiger partial charge is 0.490 e. The van der Waals surface area contributed by atoms with Gasteiger partial charge in [0.2, 0.25) is 5.75 Å². The maximum atomic E-state index is 12.0. The molecule has 2 aromatic heterocycles. The first kappa shape index (κ1) is 27.1. The Balaban J connectivity index is 0.000000479. The summed E-state index contributed by atoms with van der Waals surface area (Å²) in [6.07, 6.45) is 1.33. The van der Waals surface area contributed by atoms with Crippen molar-refractivity contribution in [3.8, 4) is 28.5 Å². The number of carbonyl (C=O) groups excluding carboxylic acids is 1. The number of H-pyrrole nitrogens is 1. The first-order valence-electron chi connectivity index (χ1n) is 10.8. The summed E-state index contributed by atoms with van der Waals surface area (Å²) in [6, 6.07) is 9.54. The minimum absolute atomic E-state index is 0.0321. The molecule has 0 atom stereocenters. The number of nitrogens with zero attached hydrogens (tertiary/aromatic N) is 1. The van der Waals surface area contributed by atoms with Crippen LogP contribution in [0.4, 0.5) is 13.2 Å². The monoisotopic (exact) mass is 519 g/mol. The highest BCUT2D eigenvalue weighted by Crippen LogP contribution is 2.38. The fourth-order valence-corrected chi connectivity index (χ4v) is 3.54. The molecule has 0 aliphatic carbocycles. The van der Waals surface area contributed by atoms with Crippen LogP contribution in [0.25, 0.3) is 23.4 Å². The largest absolute Gasteiger partial charge is 0.493 e. The lowest BCUT2D eigenvalue weighted by Crippen LogP contribution is -2.31. The molecule has 12 heteroatoms. The van der Waals surface area contributed by atoms with Crippen molar-refractivity contribution in [3.63, 3.8) is 0 Å². The van der Waals surface area contributed by atoms with Crippen molar-refractivity contribution in [2.75, 3.05) is 27.9 Å². The lowest BCUT2D eigenvalue weighted by molar-refractivity contribution is -0.192. The predicted molar refractivity (Wildman–Crippen MR) is 129 cm³/mol. The van der Waals surface area contributed by atoms with Gasteiger partial charge in [-0.05, 0) is 42.0 Å². The molecule has 0 bridgehead atoms. The molecule has 1 aliphatic heterocycles. The van der Waals surface area contributed by atoms with E-state index >= 15 is 0 Å².